The Morgan fingerprint density at radius 3 is 2.86 bits per heavy atom. The van der Waals surface area contributed by atoms with Crippen LogP contribution in [0.3, 0.4) is 0 Å². The number of rotatable bonds is 3. The van der Waals surface area contributed by atoms with Gasteiger partial charge < -0.3 is 5.73 Å². The van der Waals surface area contributed by atoms with Crippen molar-refractivity contribution >= 4 is 28.9 Å². The topological polar surface area (TPSA) is 69.6 Å². The predicted molar refractivity (Wildman–Crippen MR) is 85.5 cm³/mol. The molecule has 1 unspecified atom stereocenters. The maximum atomic E-state index is 5.97. The number of nitrogen functional groups attached to an aromatic ring is 1. The van der Waals surface area contributed by atoms with Crippen LogP contribution >= 0.6 is 22.9 Å². The summed E-state index contributed by atoms with van der Waals surface area (Å²) in [6.07, 6.45) is 2.01. The molecule has 0 fully saturated rings. The van der Waals surface area contributed by atoms with Crippen molar-refractivity contribution in [1.29, 1.82) is 0 Å². The molecule has 0 radical (unpaired) electrons. The number of halogens is 1. The largest absolute Gasteiger partial charge is 0.368 e. The SMILES string of the molecule is CC(c1cccs1)c1cn(C)nc1-c1cc(Cl)nc(N)n1. The van der Waals surface area contributed by atoms with Gasteiger partial charge in [0.25, 0.3) is 0 Å². The first kappa shape index (κ1) is 14.0. The normalized spacial score (nSPS) is 12.5. The van der Waals surface area contributed by atoms with E-state index in [9.17, 15) is 0 Å². The maximum absolute atomic E-state index is 5.97. The highest BCUT2D eigenvalue weighted by Crippen LogP contribution is 2.34. The first-order chi connectivity index (χ1) is 10.0. The second-order valence-corrected chi connectivity index (χ2v) is 6.14. The highest BCUT2D eigenvalue weighted by Gasteiger charge is 2.20. The summed E-state index contributed by atoms with van der Waals surface area (Å²) in [4.78, 5) is 9.42. The van der Waals surface area contributed by atoms with Gasteiger partial charge in [-0.1, -0.05) is 24.6 Å². The van der Waals surface area contributed by atoms with Crippen molar-refractivity contribution in [2.24, 2.45) is 7.05 Å². The van der Waals surface area contributed by atoms with E-state index in [1.54, 1.807) is 22.1 Å². The molecule has 0 aliphatic heterocycles. The van der Waals surface area contributed by atoms with Gasteiger partial charge in [-0.15, -0.1) is 11.3 Å². The minimum Gasteiger partial charge on any atom is -0.368 e. The zero-order valence-corrected chi connectivity index (χ0v) is 13.2. The number of aryl methyl sites for hydroxylation is 1. The second-order valence-electron chi connectivity index (χ2n) is 4.78. The summed E-state index contributed by atoms with van der Waals surface area (Å²) in [5, 5.41) is 6.90. The Morgan fingerprint density at radius 1 is 1.38 bits per heavy atom. The number of aromatic nitrogens is 4. The van der Waals surface area contributed by atoms with Crippen LogP contribution < -0.4 is 5.73 Å². The van der Waals surface area contributed by atoms with Gasteiger partial charge in [0, 0.05) is 35.7 Å². The molecule has 3 heterocycles. The first-order valence-corrected chi connectivity index (χ1v) is 7.67. The third-order valence-electron chi connectivity index (χ3n) is 3.25. The zero-order valence-electron chi connectivity index (χ0n) is 11.6. The molecular formula is C14H14ClN5S. The lowest BCUT2D eigenvalue weighted by atomic mass is 9.99. The summed E-state index contributed by atoms with van der Waals surface area (Å²) in [6, 6.07) is 5.85. The van der Waals surface area contributed by atoms with Crippen LogP contribution in [0.4, 0.5) is 5.95 Å². The Kier molecular flexibility index (Phi) is 3.65. The van der Waals surface area contributed by atoms with Crippen LogP contribution in [0.25, 0.3) is 11.4 Å². The van der Waals surface area contributed by atoms with E-state index in [1.165, 1.54) is 4.88 Å². The van der Waals surface area contributed by atoms with E-state index in [0.29, 0.717) is 10.8 Å². The van der Waals surface area contributed by atoms with Crippen LogP contribution in [0.2, 0.25) is 5.15 Å². The predicted octanol–water partition coefficient (Wildman–Crippen LogP) is 3.33. The van der Waals surface area contributed by atoms with Crippen LogP contribution in [-0.2, 0) is 7.05 Å². The van der Waals surface area contributed by atoms with Gasteiger partial charge in [-0.3, -0.25) is 4.68 Å². The second kappa shape index (κ2) is 5.46. The number of anilines is 1. The average Bonchev–Trinajstić information content (AvgIpc) is 3.05. The summed E-state index contributed by atoms with van der Waals surface area (Å²) >= 11 is 7.70. The van der Waals surface area contributed by atoms with Gasteiger partial charge in [-0.2, -0.15) is 5.10 Å². The van der Waals surface area contributed by atoms with Gasteiger partial charge >= 0.3 is 0 Å². The Hall–Kier alpha value is -1.92. The molecule has 3 aromatic heterocycles. The Labute approximate surface area is 131 Å². The smallest absolute Gasteiger partial charge is 0.222 e. The monoisotopic (exact) mass is 319 g/mol. The highest BCUT2D eigenvalue weighted by atomic mass is 35.5. The number of hydrogen-bond donors (Lipinski definition) is 1. The lowest BCUT2D eigenvalue weighted by molar-refractivity contribution is 0.768. The fourth-order valence-electron chi connectivity index (χ4n) is 2.27. The summed E-state index contributed by atoms with van der Waals surface area (Å²) in [6.45, 7) is 2.15. The molecule has 7 heteroatoms. The molecule has 0 aromatic carbocycles. The lowest BCUT2D eigenvalue weighted by Gasteiger charge is -2.09. The molecule has 0 spiro atoms. The van der Waals surface area contributed by atoms with Crippen LogP contribution in [-0.4, -0.2) is 19.7 Å². The first-order valence-electron chi connectivity index (χ1n) is 6.42. The van der Waals surface area contributed by atoms with Crippen molar-refractivity contribution in [3.8, 4) is 11.4 Å². The van der Waals surface area contributed by atoms with Crippen molar-refractivity contribution in [1.82, 2.24) is 19.7 Å². The van der Waals surface area contributed by atoms with E-state index in [-0.39, 0.29) is 11.9 Å². The summed E-state index contributed by atoms with van der Waals surface area (Å²) in [5.74, 6) is 0.376. The van der Waals surface area contributed by atoms with Gasteiger partial charge in [-0.25, -0.2) is 9.97 Å². The van der Waals surface area contributed by atoms with Gasteiger partial charge in [0.2, 0.25) is 5.95 Å². The summed E-state index contributed by atoms with van der Waals surface area (Å²) in [5.41, 5.74) is 8.21. The van der Waals surface area contributed by atoms with Crippen molar-refractivity contribution < 1.29 is 0 Å². The van der Waals surface area contributed by atoms with E-state index in [0.717, 1.165) is 11.3 Å². The fourth-order valence-corrected chi connectivity index (χ4v) is 3.26. The van der Waals surface area contributed by atoms with Gasteiger partial charge in [0.1, 0.15) is 10.8 Å². The van der Waals surface area contributed by atoms with E-state index in [1.807, 2.05) is 19.3 Å². The molecule has 0 bridgehead atoms. The van der Waals surface area contributed by atoms with Crippen LogP contribution in [0, 0.1) is 0 Å². The van der Waals surface area contributed by atoms with Gasteiger partial charge in [-0.05, 0) is 11.4 Å². The lowest BCUT2D eigenvalue weighted by Crippen LogP contribution is -2.00. The van der Waals surface area contributed by atoms with Crippen LogP contribution in [0.15, 0.2) is 29.8 Å². The quantitative estimate of drug-likeness (QED) is 0.752. The van der Waals surface area contributed by atoms with Crippen LogP contribution in [0.5, 0.6) is 0 Å². The minimum absolute atomic E-state index is 0.151. The van der Waals surface area contributed by atoms with Crippen molar-refractivity contribution in [3.05, 3.63) is 45.4 Å². The molecule has 3 rings (SSSR count). The summed E-state index contributed by atoms with van der Waals surface area (Å²) < 4.78 is 1.78. The minimum atomic E-state index is 0.151. The third kappa shape index (κ3) is 2.77. The van der Waals surface area contributed by atoms with Gasteiger partial charge in [0.15, 0.2) is 0 Å². The Balaban J connectivity index is 2.11. The number of thiophene rings is 1. The molecular weight excluding hydrogens is 306 g/mol. The molecule has 0 amide bonds. The summed E-state index contributed by atoms with van der Waals surface area (Å²) in [7, 11) is 1.89. The zero-order chi connectivity index (χ0) is 15.0. The van der Waals surface area contributed by atoms with Crippen LogP contribution in [0.1, 0.15) is 23.3 Å². The molecule has 0 saturated heterocycles. The van der Waals surface area contributed by atoms with E-state index in [2.05, 4.69) is 33.4 Å². The highest BCUT2D eigenvalue weighted by molar-refractivity contribution is 7.10. The van der Waals surface area contributed by atoms with Crippen molar-refractivity contribution in [2.75, 3.05) is 5.73 Å². The fraction of sp³-hybridized carbons (Fsp3) is 0.214. The number of nitrogens with zero attached hydrogens (tertiary/aromatic N) is 4. The van der Waals surface area contributed by atoms with Gasteiger partial charge in [0.05, 0.1) is 5.69 Å². The standard InChI is InChI=1S/C14H14ClN5S/c1-8(11-4-3-5-21-11)9-7-20(2)19-13(9)10-6-12(15)18-14(16)17-10/h3-8H,1-2H3,(H2,16,17,18). The number of hydrogen-bond acceptors (Lipinski definition) is 5. The molecule has 1 atom stereocenters. The van der Waals surface area contributed by atoms with E-state index in [4.69, 9.17) is 17.3 Å². The number of nitrogens with two attached hydrogens (primary N) is 1. The maximum Gasteiger partial charge on any atom is 0.222 e. The average molecular weight is 320 g/mol. The van der Waals surface area contributed by atoms with Crippen molar-refractivity contribution in [3.63, 3.8) is 0 Å². The third-order valence-corrected chi connectivity index (χ3v) is 4.50. The van der Waals surface area contributed by atoms with E-state index < -0.39 is 0 Å². The molecule has 0 saturated carbocycles. The van der Waals surface area contributed by atoms with E-state index >= 15 is 0 Å². The Morgan fingerprint density at radius 2 is 2.19 bits per heavy atom. The molecule has 2 N–H and O–H groups in total. The van der Waals surface area contributed by atoms with Crippen molar-refractivity contribution in [2.45, 2.75) is 12.8 Å². The Bertz CT molecular complexity index is 746. The molecule has 21 heavy (non-hydrogen) atoms. The molecule has 0 aliphatic rings. The molecule has 5 nitrogen and oxygen atoms in total. The molecule has 0 aliphatic carbocycles. The molecule has 108 valence electrons. The molecule has 3 aromatic rings.